The molecular formula is C20H22N2O5. The van der Waals surface area contributed by atoms with Gasteiger partial charge in [0.2, 0.25) is 5.88 Å². The zero-order chi connectivity index (χ0) is 19.2. The van der Waals surface area contributed by atoms with Crippen molar-refractivity contribution >= 4 is 11.9 Å². The van der Waals surface area contributed by atoms with E-state index in [0.29, 0.717) is 19.6 Å². The van der Waals surface area contributed by atoms with E-state index in [9.17, 15) is 9.59 Å². The number of fused-ring (bicyclic) bond motifs is 1. The van der Waals surface area contributed by atoms with Crippen molar-refractivity contribution in [3.63, 3.8) is 0 Å². The van der Waals surface area contributed by atoms with Gasteiger partial charge in [-0.2, -0.15) is 0 Å². The van der Waals surface area contributed by atoms with Gasteiger partial charge in [0.15, 0.2) is 6.10 Å². The van der Waals surface area contributed by atoms with Gasteiger partial charge in [-0.3, -0.25) is 4.79 Å². The van der Waals surface area contributed by atoms with E-state index in [1.807, 2.05) is 24.3 Å². The van der Waals surface area contributed by atoms with E-state index >= 15 is 0 Å². The fourth-order valence-corrected chi connectivity index (χ4v) is 2.86. The van der Waals surface area contributed by atoms with Crippen LogP contribution in [0.1, 0.15) is 42.2 Å². The van der Waals surface area contributed by atoms with Crippen LogP contribution in [-0.2, 0) is 9.53 Å². The summed E-state index contributed by atoms with van der Waals surface area (Å²) < 4.78 is 16.2. The lowest BCUT2D eigenvalue weighted by atomic mass is 10.0. The van der Waals surface area contributed by atoms with Crippen molar-refractivity contribution < 1.29 is 23.8 Å². The van der Waals surface area contributed by atoms with Crippen LogP contribution in [0, 0.1) is 0 Å². The molecule has 2 aromatic rings. The molecule has 2 atom stereocenters. The van der Waals surface area contributed by atoms with Crippen molar-refractivity contribution in [2.75, 3.05) is 13.2 Å². The Balaban J connectivity index is 1.64. The molecule has 1 amide bonds. The Hall–Kier alpha value is -3.09. The van der Waals surface area contributed by atoms with Crippen LogP contribution in [0.2, 0.25) is 0 Å². The van der Waals surface area contributed by atoms with Gasteiger partial charge >= 0.3 is 5.97 Å². The first-order valence-electron chi connectivity index (χ1n) is 8.91. The van der Waals surface area contributed by atoms with Gasteiger partial charge in [0.05, 0.1) is 19.3 Å². The molecule has 142 valence electrons. The average Bonchev–Trinajstić information content (AvgIpc) is 2.69. The Kier molecular flexibility index (Phi) is 5.90. The second-order valence-corrected chi connectivity index (χ2v) is 6.07. The number of hydrogen-bond donors (Lipinski definition) is 1. The van der Waals surface area contributed by atoms with Gasteiger partial charge in [0, 0.05) is 18.2 Å². The van der Waals surface area contributed by atoms with E-state index in [1.165, 1.54) is 13.1 Å². The SMILES string of the molecule is CCOc1ncccc1C(=O)O[C@@H](C)C(=O)N[C@@H]1CCOc2ccccc21. The summed E-state index contributed by atoms with van der Waals surface area (Å²) in [5, 5.41) is 2.93. The van der Waals surface area contributed by atoms with Crippen LogP contribution in [-0.4, -0.2) is 36.2 Å². The maximum atomic E-state index is 12.5. The standard InChI is InChI=1S/C20H22N2O5/c1-3-25-19-15(8-6-11-21-19)20(24)27-13(2)18(23)22-16-10-12-26-17-9-5-4-7-14(16)17/h4-9,11,13,16H,3,10,12H2,1-2H3,(H,22,23)/t13-,16+/m0/s1. The quantitative estimate of drug-likeness (QED) is 0.787. The van der Waals surface area contributed by atoms with Crippen molar-refractivity contribution in [3.8, 4) is 11.6 Å². The predicted octanol–water partition coefficient (Wildman–Crippen LogP) is 2.67. The number of esters is 1. The van der Waals surface area contributed by atoms with Crippen molar-refractivity contribution in [2.24, 2.45) is 0 Å². The van der Waals surface area contributed by atoms with Crippen LogP contribution >= 0.6 is 0 Å². The lowest BCUT2D eigenvalue weighted by Gasteiger charge is -2.27. The Labute approximate surface area is 157 Å². The third-order valence-corrected chi connectivity index (χ3v) is 4.20. The van der Waals surface area contributed by atoms with Crippen LogP contribution in [0.4, 0.5) is 0 Å². The Morgan fingerprint density at radius 2 is 2.11 bits per heavy atom. The van der Waals surface area contributed by atoms with Gasteiger partial charge in [-0.1, -0.05) is 18.2 Å². The number of benzene rings is 1. The summed E-state index contributed by atoms with van der Waals surface area (Å²) in [5.74, 6) is -0.0696. The van der Waals surface area contributed by atoms with E-state index in [-0.39, 0.29) is 23.4 Å². The van der Waals surface area contributed by atoms with Crippen LogP contribution < -0.4 is 14.8 Å². The molecule has 0 spiro atoms. The monoisotopic (exact) mass is 370 g/mol. The molecule has 0 bridgehead atoms. The minimum Gasteiger partial charge on any atom is -0.493 e. The van der Waals surface area contributed by atoms with Gasteiger partial charge in [0.1, 0.15) is 11.3 Å². The highest BCUT2D eigenvalue weighted by Gasteiger charge is 2.27. The number of carbonyl (C=O) groups excluding carboxylic acids is 2. The number of amides is 1. The zero-order valence-corrected chi connectivity index (χ0v) is 15.3. The molecule has 0 saturated carbocycles. The molecule has 1 N–H and O–H groups in total. The molecule has 1 aliphatic rings. The predicted molar refractivity (Wildman–Crippen MR) is 97.7 cm³/mol. The van der Waals surface area contributed by atoms with Crippen LogP contribution in [0.25, 0.3) is 0 Å². The maximum absolute atomic E-state index is 12.5. The molecule has 7 heteroatoms. The van der Waals surface area contributed by atoms with Gasteiger partial charge in [-0.05, 0) is 32.0 Å². The van der Waals surface area contributed by atoms with Crippen molar-refractivity contribution in [2.45, 2.75) is 32.4 Å². The van der Waals surface area contributed by atoms with E-state index in [1.54, 1.807) is 19.1 Å². The van der Waals surface area contributed by atoms with E-state index in [0.717, 1.165) is 11.3 Å². The fraction of sp³-hybridized carbons (Fsp3) is 0.350. The number of hydrogen-bond acceptors (Lipinski definition) is 6. The summed E-state index contributed by atoms with van der Waals surface area (Å²) in [6.45, 7) is 4.22. The molecular weight excluding hydrogens is 348 g/mol. The first-order chi connectivity index (χ1) is 13.1. The number of pyridine rings is 1. The smallest absolute Gasteiger partial charge is 0.344 e. The zero-order valence-electron chi connectivity index (χ0n) is 15.3. The highest BCUT2D eigenvalue weighted by Crippen LogP contribution is 2.31. The minimum absolute atomic E-state index is 0.180. The average molecular weight is 370 g/mol. The third-order valence-electron chi connectivity index (χ3n) is 4.20. The first-order valence-corrected chi connectivity index (χ1v) is 8.91. The normalized spacial score (nSPS) is 16.4. The molecule has 1 aromatic heterocycles. The van der Waals surface area contributed by atoms with Crippen molar-refractivity contribution in [3.05, 3.63) is 53.7 Å². The molecule has 0 aliphatic carbocycles. The number of rotatable bonds is 6. The van der Waals surface area contributed by atoms with Gasteiger partial charge in [-0.25, -0.2) is 9.78 Å². The van der Waals surface area contributed by atoms with Gasteiger partial charge < -0.3 is 19.5 Å². The maximum Gasteiger partial charge on any atom is 0.344 e. The molecule has 0 unspecified atom stereocenters. The molecule has 2 heterocycles. The summed E-state index contributed by atoms with van der Waals surface area (Å²) in [5.41, 5.74) is 1.11. The summed E-state index contributed by atoms with van der Waals surface area (Å²) in [6.07, 6.45) is 1.23. The molecule has 0 saturated heterocycles. The highest BCUT2D eigenvalue weighted by atomic mass is 16.6. The lowest BCUT2D eigenvalue weighted by molar-refractivity contribution is -0.130. The summed E-state index contributed by atoms with van der Waals surface area (Å²) in [7, 11) is 0. The second kappa shape index (κ2) is 8.53. The second-order valence-electron chi connectivity index (χ2n) is 6.07. The van der Waals surface area contributed by atoms with E-state index in [4.69, 9.17) is 14.2 Å². The minimum atomic E-state index is -0.956. The molecule has 1 aromatic carbocycles. The highest BCUT2D eigenvalue weighted by molar-refractivity contribution is 5.94. The molecule has 27 heavy (non-hydrogen) atoms. The number of aromatic nitrogens is 1. The van der Waals surface area contributed by atoms with Crippen molar-refractivity contribution in [1.29, 1.82) is 0 Å². The molecule has 7 nitrogen and oxygen atoms in total. The third kappa shape index (κ3) is 4.36. The Morgan fingerprint density at radius 1 is 1.30 bits per heavy atom. The molecule has 3 rings (SSSR count). The molecule has 0 fully saturated rings. The largest absolute Gasteiger partial charge is 0.493 e. The number of para-hydroxylation sites is 1. The topological polar surface area (TPSA) is 86.8 Å². The number of nitrogens with zero attached hydrogens (tertiary/aromatic N) is 1. The summed E-state index contributed by atoms with van der Waals surface area (Å²) >= 11 is 0. The number of nitrogens with one attached hydrogen (secondary N) is 1. The van der Waals surface area contributed by atoms with E-state index < -0.39 is 12.1 Å². The molecule has 1 aliphatic heterocycles. The lowest BCUT2D eigenvalue weighted by Crippen LogP contribution is -2.39. The van der Waals surface area contributed by atoms with Gasteiger partial charge in [0.25, 0.3) is 5.91 Å². The van der Waals surface area contributed by atoms with Crippen LogP contribution in [0.3, 0.4) is 0 Å². The summed E-state index contributed by atoms with van der Waals surface area (Å²) in [6, 6.07) is 10.6. The summed E-state index contributed by atoms with van der Waals surface area (Å²) in [4.78, 5) is 28.9. The van der Waals surface area contributed by atoms with Crippen LogP contribution in [0.15, 0.2) is 42.6 Å². The fourth-order valence-electron chi connectivity index (χ4n) is 2.86. The Bertz CT molecular complexity index is 824. The van der Waals surface area contributed by atoms with E-state index in [2.05, 4.69) is 10.3 Å². The Morgan fingerprint density at radius 3 is 2.93 bits per heavy atom. The van der Waals surface area contributed by atoms with Gasteiger partial charge in [-0.15, -0.1) is 0 Å². The number of ether oxygens (including phenoxy) is 3. The number of carbonyl (C=O) groups is 2. The van der Waals surface area contributed by atoms with Crippen molar-refractivity contribution in [1.82, 2.24) is 10.3 Å². The first kappa shape index (κ1) is 18.7. The molecule has 0 radical (unpaired) electrons. The van der Waals surface area contributed by atoms with Crippen LogP contribution in [0.5, 0.6) is 11.6 Å².